The van der Waals surface area contributed by atoms with Crippen LogP contribution in [0.25, 0.3) is 0 Å². The maximum atomic E-state index is 10.2. The van der Waals surface area contributed by atoms with Crippen molar-refractivity contribution in [2.45, 2.75) is 39.8 Å². The fourth-order valence-corrected chi connectivity index (χ4v) is 2.53. The van der Waals surface area contributed by atoms with E-state index in [0.29, 0.717) is 5.92 Å². The predicted molar refractivity (Wildman–Crippen MR) is 77.3 cm³/mol. The largest absolute Gasteiger partial charge is 0.492 e. The Morgan fingerprint density at radius 1 is 1.37 bits per heavy atom. The van der Waals surface area contributed by atoms with Gasteiger partial charge in [0.05, 0.1) is 6.10 Å². The summed E-state index contributed by atoms with van der Waals surface area (Å²) in [6.45, 7) is 10.1. The number of likely N-dealkylation sites (N-methyl/N-ethyl adjacent to an activating group) is 1. The average Bonchev–Trinajstić information content (AvgIpc) is 2.58. The first-order chi connectivity index (χ1) is 9.10. The van der Waals surface area contributed by atoms with Gasteiger partial charge in [0.15, 0.2) is 0 Å². The van der Waals surface area contributed by atoms with E-state index in [1.807, 2.05) is 12.1 Å². The Morgan fingerprint density at radius 3 is 2.84 bits per heavy atom. The average molecular weight is 263 g/mol. The van der Waals surface area contributed by atoms with Crippen LogP contribution in [-0.2, 0) is 6.54 Å². The minimum atomic E-state index is -0.372. The molecule has 1 aromatic carbocycles. The standard InChI is InChI=1S/C16H25NO2/c1-4-17-7-8-19-16-6-5-13(10-14(16)11-17)15(18)9-12(2)3/h5-6,10,12,15,18H,4,7-9,11H2,1-3H3. The van der Waals surface area contributed by atoms with E-state index < -0.39 is 0 Å². The minimum Gasteiger partial charge on any atom is -0.492 e. The fourth-order valence-electron chi connectivity index (χ4n) is 2.53. The van der Waals surface area contributed by atoms with Crippen LogP contribution in [0.4, 0.5) is 0 Å². The van der Waals surface area contributed by atoms with Crippen LogP contribution in [0.3, 0.4) is 0 Å². The summed E-state index contributed by atoms with van der Waals surface area (Å²) >= 11 is 0. The zero-order chi connectivity index (χ0) is 13.8. The van der Waals surface area contributed by atoms with Crippen molar-refractivity contribution in [1.29, 1.82) is 0 Å². The third kappa shape index (κ3) is 3.71. The molecule has 1 atom stereocenters. The highest BCUT2D eigenvalue weighted by molar-refractivity contribution is 5.38. The second-order valence-electron chi connectivity index (χ2n) is 5.73. The lowest BCUT2D eigenvalue weighted by Gasteiger charge is -2.18. The SMILES string of the molecule is CCN1CCOc2ccc(C(O)CC(C)C)cc2C1. The minimum absolute atomic E-state index is 0.372. The molecule has 1 heterocycles. The smallest absolute Gasteiger partial charge is 0.123 e. The number of rotatable bonds is 4. The predicted octanol–water partition coefficient (Wildman–Crippen LogP) is 2.98. The Balaban J connectivity index is 2.19. The zero-order valence-electron chi connectivity index (χ0n) is 12.2. The number of fused-ring (bicyclic) bond motifs is 1. The molecule has 1 unspecified atom stereocenters. The molecule has 0 saturated heterocycles. The molecule has 0 saturated carbocycles. The van der Waals surface area contributed by atoms with Gasteiger partial charge in [-0.25, -0.2) is 0 Å². The number of hydrogen-bond acceptors (Lipinski definition) is 3. The van der Waals surface area contributed by atoms with Gasteiger partial charge in [-0.15, -0.1) is 0 Å². The van der Waals surface area contributed by atoms with Crippen molar-refractivity contribution in [3.63, 3.8) is 0 Å². The fraction of sp³-hybridized carbons (Fsp3) is 0.625. The summed E-state index contributed by atoms with van der Waals surface area (Å²) in [6.07, 6.45) is 0.431. The first kappa shape index (κ1) is 14.4. The zero-order valence-corrected chi connectivity index (χ0v) is 12.2. The molecule has 0 spiro atoms. The molecular weight excluding hydrogens is 238 g/mol. The highest BCUT2D eigenvalue weighted by Gasteiger charge is 2.17. The van der Waals surface area contributed by atoms with Gasteiger partial charge in [-0.3, -0.25) is 4.90 Å². The lowest BCUT2D eigenvalue weighted by atomic mass is 9.97. The van der Waals surface area contributed by atoms with Crippen LogP contribution in [0.1, 0.15) is 44.4 Å². The Hall–Kier alpha value is -1.06. The van der Waals surface area contributed by atoms with Gasteiger partial charge < -0.3 is 9.84 Å². The molecule has 0 bridgehead atoms. The van der Waals surface area contributed by atoms with E-state index in [2.05, 4.69) is 31.7 Å². The lowest BCUT2D eigenvalue weighted by molar-refractivity contribution is 0.151. The molecule has 1 N–H and O–H groups in total. The van der Waals surface area contributed by atoms with Crippen LogP contribution < -0.4 is 4.74 Å². The van der Waals surface area contributed by atoms with Crippen LogP contribution >= 0.6 is 0 Å². The van der Waals surface area contributed by atoms with Crippen molar-refractivity contribution < 1.29 is 9.84 Å². The van der Waals surface area contributed by atoms with E-state index in [4.69, 9.17) is 4.74 Å². The molecule has 1 aliphatic rings. The van der Waals surface area contributed by atoms with Gasteiger partial charge in [0, 0.05) is 18.7 Å². The highest BCUT2D eigenvalue weighted by Crippen LogP contribution is 2.29. The summed E-state index contributed by atoms with van der Waals surface area (Å²) in [6, 6.07) is 6.11. The molecule has 3 heteroatoms. The van der Waals surface area contributed by atoms with Crippen LogP contribution in [0, 0.1) is 5.92 Å². The van der Waals surface area contributed by atoms with Gasteiger partial charge >= 0.3 is 0 Å². The van der Waals surface area contributed by atoms with E-state index in [0.717, 1.165) is 44.0 Å². The molecule has 0 aliphatic carbocycles. The Labute approximate surface area is 116 Å². The van der Waals surface area contributed by atoms with Crippen molar-refractivity contribution in [2.75, 3.05) is 19.7 Å². The molecular formula is C16H25NO2. The van der Waals surface area contributed by atoms with Crippen LogP contribution in [-0.4, -0.2) is 29.7 Å². The first-order valence-corrected chi connectivity index (χ1v) is 7.26. The normalized spacial score (nSPS) is 17.7. The maximum absolute atomic E-state index is 10.2. The number of benzene rings is 1. The first-order valence-electron chi connectivity index (χ1n) is 7.26. The van der Waals surface area contributed by atoms with Crippen molar-refractivity contribution in [3.05, 3.63) is 29.3 Å². The Kier molecular flexibility index (Phi) is 4.83. The van der Waals surface area contributed by atoms with Crippen LogP contribution in [0.2, 0.25) is 0 Å². The Morgan fingerprint density at radius 2 is 2.16 bits per heavy atom. The molecule has 106 valence electrons. The number of hydrogen-bond donors (Lipinski definition) is 1. The quantitative estimate of drug-likeness (QED) is 0.906. The van der Waals surface area contributed by atoms with Crippen molar-refractivity contribution >= 4 is 0 Å². The summed E-state index contributed by atoms with van der Waals surface area (Å²) in [5, 5.41) is 10.2. The van der Waals surface area contributed by atoms with E-state index >= 15 is 0 Å². The summed E-state index contributed by atoms with van der Waals surface area (Å²) in [4.78, 5) is 2.37. The number of aliphatic hydroxyl groups excluding tert-OH is 1. The van der Waals surface area contributed by atoms with Gasteiger partial charge in [-0.1, -0.05) is 26.8 Å². The van der Waals surface area contributed by atoms with Gasteiger partial charge in [0.25, 0.3) is 0 Å². The number of nitrogens with zero attached hydrogens (tertiary/aromatic N) is 1. The monoisotopic (exact) mass is 263 g/mol. The van der Waals surface area contributed by atoms with Crippen molar-refractivity contribution in [1.82, 2.24) is 4.90 Å². The number of aliphatic hydroxyl groups is 1. The Bertz CT molecular complexity index is 417. The van der Waals surface area contributed by atoms with E-state index in [1.165, 1.54) is 5.56 Å². The topological polar surface area (TPSA) is 32.7 Å². The molecule has 1 aliphatic heterocycles. The molecule has 0 amide bonds. The van der Waals surface area contributed by atoms with E-state index in [1.54, 1.807) is 0 Å². The highest BCUT2D eigenvalue weighted by atomic mass is 16.5. The summed E-state index contributed by atoms with van der Waals surface area (Å²) in [5.74, 6) is 1.47. The molecule has 3 nitrogen and oxygen atoms in total. The molecule has 0 fully saturated rings. The third-order valence-electron chi connectivity index (χ3n) is 3.67. The molecule has 0 aromatic heterocycles. The summed E-state index contributed by atoms with van der Waals surface area (Å²) < 4.78 is 5.77. The van der Waals surface area contributed by atoms with Crippen molar-refractivity contribution in [3.8, 4) is 5.75 Å². The number of ether oxygens (including phenoxy) is 1. The van der Waals surface area contributed by atoms with Gasteiger partial charge in [0.1, 0.15) is 12.4 Å². The van der Waals surface area contributed by atoms with Crippen LogP contribution in [0.15, 0.2) is 18.2 Å². The summed E-state index contributed by atoms with van der Waals surface area (Å²) in [5.41, 5.74) is 2.20. The maximum Gasteiger partial charge on any atom is 0.123 e. The van der Waals surface area contributed by atoms with Gasteiger partial charge in [0.2, 0.25) is 0 Å². The lowest BCUT2D eigenvalue weighted by Crippen LogP contribution is -2.25. The second-order valence-corrected chi connectivity index (χ2v) is 5.73. The van der Waals surface area contributed by atoms with E-state index in [-0.39, 0.29) is 6.10 Å². The van der Waals surface area contributed by atoms with Crippen molar-refractivity contribution in [2.24, 2.45) is 5.92 Å². The molecule has 0 radical (unpaired) electrons. The summed E-state index contributed by atoms with van der Waals surface area (Å²) in [7, 11) is 0. The van der Waals surface area contributed by atoms with Gasteiger partial charge in [-0.2, -0.15) is 0 Å². The molecule has 19 heavy (non-hydrogen) atoms. The second kappa shape index (κ2) is 6.40. The molecule has 2 rings (SSSR count). The van der Waals surface area contributed by atoms with Crippen LogP contribution in [0.5, 0.6) is 5.75 Å². The van der Waals surface area contributed by atoms with E-state index in [9.17, 15) is 5.11 Å². The molecule has 1 aromatic rings. The third-order valence-corrected chi connectivity index (χ3v) is 3.67. The van der Waals surface area contributed by atoms with Gasteiger partial charge in [-0.05, 0) is 36.6 Å².